The molecule has 3 heterocycles. The molecule has 17 atom stereocenters. The van der Waals surface area contributed by atoms with Crippen LogP contribution >= 0.6 is 0 Å². The van der Waals surface area contributed by atoms with Crippen LogP contribution in [0.15, 0.2) is 12.2 Å². The molecule has 3 fully saturated rings. The number of aliphatic hydroxyl groups excluding tert-OH is 11. The van der Waals surface area contributed by atoms with E-state index >= 15 is 0 Å². The largest absolute Gasteiger partial charge is 0.394 e. The molecule has 17 unspecified atom stereocenters. The predicted molar refractivity (Wildman–Crippen MR) is 300 cm³/mol. The lowest BCUT2D eigenvalue weighted by molar-refractivity contribution is -0.379. The van der Waals surface area contributed by atoms with Gasteiger partial charge in [0.2, 0.25) is 5.91 Å². The molecule has 0 saturated carbocycles. The fourth-order valence-corrected chi connectivity index (χ4v) is 10.9. The summed E-state index contributed by atoms with van der Waals surface area (Å²) in [7, 11) is 0. The Labute approximate surface area is 474 Å². The van der Waals surface area contributed by atoms with Crippen molar-refractivity contribution in [3.8, 4) is 0 Å². The molecule has 0 bridgehead atoms. The Balaban J connectivity index is 1.48. The van der Waals surface area contributed by atoms with E-state index in [9.17, 15) is 61.0 Å². The minimum Gasteiger partial charge on any atom is -0.394 e. The molecule has 0 spiro atoms. The fraction of sp³-hybridized carbons (Fsp3) is 0.950. The summed E-state index contributed by atoms with van der Waals surface area (Å²) in [6, 6.07) is -0.884. The SMILES string of the molecule is CCCCCCCC/C=C\CCCCCCCCCCCC(=O)NC(COC1OC(CO)C(OC2OC(CO)C(OC3OC(CO)C(O)C(O)C3O)C(O)C2O)C(O)C1O)C(O)CCCCCCCCCCCCCCCCC. The second-order valence-electron chi connectivity index (χ2n) is 22.9. The van der Waals surface area contributed by atoms with Gasteiger partial charge in [0.15, 0.2) is 18.9 Å². The monoisotopic (exact) mass is 1140 g/mol. The van der Waals surface area contributed by atoms with Gasteiger partial charge in [0, 0.05) is 6.42 Å². The van der Waals surface area contributed by atoms with Gasteiger partial charge in [-0.25, -0.2) is 0 Å². The van der Waals surface area contributed by atoms with Gasteiger partial charge in [-0.1, -0.05) is 199 Å². The lowest BCUT2D eigenvalue weighted by atomic mass is 9.96. The van der Waals surface area contributed by atoms with Gasteiger partial charge in [-0.3, -0.25) is 4.79 Å². The van der Waals surface area contributed by atoms with Crippen LogP contribution in [0.2, 0.25) is 0 Å². The average Bonchev–Trinajstić information content (AvgIpc) is 3.47. The van der Waals surface area contributed by atoms with Gasteiger partial charge < -0.3 is 89.9 Å². The molecule has 3 rings (SSSR count). The topological polar surface area (TPSA) is 307 Å². The molecular weight excluding hydrogens is 1020 g/mol. The minimum atomic E-state index is -1.97. The molecule has 0 aliphatic carbocycles. The van der Waals surface area contributed by atoms with E-state index in [0.29, 0.717) is 12.8 Å². The zero-order valence-electron chi connectivity index (χ0n) is 48.6. The Hall–Kier alpha value is -1.47. The first-order valence-electron chi connectivity index (χ1n) is 31.4. The number of ether oxygens (including phenoxy) is 6. The molecule has 79 heavy (non-hydrogen) atoms. The van der Waals surface area contributed by atoms with Crippen LogP contribution in [-0.4, -0.2) is 193 Å². The number of carbonyl (C=O) groups is 1. The Morgan fingerprint density at radius 3 is 1.23 bits per heavy atom. The highest BCUT2D eigenvalue weighted by atomic mass is 16.8. The van der Waals surface area contributed by atoms with Crippen LogP contribution in [0, 0.1) is 0 Å². The lowest BCUT2D eigenvalue weighted by Gasteiger charge is -2.48. The maximum absolute atomic E-state index is 13.4. The van der Waals surface area contributed by atoms with E-state index in [2.05, 4.69) is 31.3 Å². The molecule has 466 valence electrons. The van der Waals surface area contributed by atoms with Gasteiger partial charge in [0.25, 0.3) is 0 Å². The van der Waals surface area contributed by atoms with E-state index in [1.54, 1.807) is 0 Å². The van der Waals surface area contributed by atoms with Gasteiger partial charge in [0.1, 0.15) is 73.2 Å². The zero-order valence-corrected chi connectivity index (χ0v) is 48.6. The van der Waals surface area contributed by atoms with Crippen LogP contribution in [0.4, 0.5) is 0 Å². The van der Waals surface area contributed by atoms with Crippen molar-refractivity contribution in [3.63, 3.8) is 0 Å². The van der Waals surface area contributed by atoms with Gasteiger partial charge in [-0.2, -0.15) is 0 Å². The third kappa shape index (κ3) is 27.9. The quantitative estimate of drug-likeness (QED) is 0.0240. The van der Waals surface area contributed by atoms with E-state index in [-0.39, 0.29) is 18.9 Å². The summed E-state index contributed by atoms with van der Waals surface area (Å²) in [5.74, 6) is -0.243. The lowest BCUT2D eigenvalue weighted by Crippen LogP contribution is -2.66. The van der Waals surface area contributed by atoms with Crippen molar-refractivity contribution in [2.45, 2.75) is 336 Å². The number of hydrogen-bond donors (Lipinski definition) is 12. The highest BCUT2D eigenvalue weighted by molar-refractivity contribution is 5.76. The van der Waals surface area contributed by atoms with E-state index in [1.165, 1.54) is 148 Å². The Morgan fingerprint density at radius 2 is 0.797 bits per heavy atom. The highest BCUT2D eigenvalue weighted by Crippen LogP contribution is 2.33. The third-order valence-electron chi connectivity index (χ3n) is 16.1. The van der Waals surface area contributed by atoms with E-state index in [0.717, 1.165) is 51.4 Å². The van der Waals surface area contributed by atoms with Crippen LogP contribution in [0.3, 0.4) is 0 Å². The van der Waals surface area contributed by atoms with Gasteiger partial charge >= 0.3 is 0 Å². The smallest absolute Gasteiger partial charge is 0.220 e. The van der Waals surface area contributed by atoms with Crippen molar-refractivity contribution in [3.05, 3.63) is 12.2 Å². The number of hydrogen-bond acceptors (Lipinski definition) is 18. The number of rotatable bonds is 47. The van der Waals surface area contributed by atoms with E-state index < -0.39 is 124 Å². The minimum absolute atomic E-state index is 0.243. The summed E-state index contributed by atoms with van der Waals surface area (Å²) >= 11 is 0. The zero-order chi connectivity index (χ0) is 57.6. The van der Waals surface area contributed by atoms with Crippen molar-refractivity contribution in [2.24, 2.45) is 0 Å². The summed E-state index contributed by atoms with van der Waals surface area (Å²) in [6.07, 6.45) is 17.1. The Kier molecular flexibility index (Phi) is 40.1. The van der Waals surface area contributed by atoms with Crippen molar-refractivity contribution >= 4 is 5.91 Å². The Bertz CT molecular complexity index is 1500. The molecular formula is C60H113NO18. The third-order valence-corrected chi connectivity index (χ3v) is 16.1. The second kappa shape index (κ2) is 44.1. The van der Waals surface area contributed by atoms with Gasteiger partial charge in [-0.05, 0) is 38.5 Å². The molecule has 0 radical (unpaired) electrons. The van der Waals surface area contributed by atoms with E-state index in [1.807, 2.05) is 0 Å². The first kappa shape index (κ1) is 71.8. The fourth-order valence-electron chi connectivity index (χ4n) is 10.9. The molecule has 3 saturated heterocycles. The summed E-state index contributed by atoms with van der Waals surface area (Å²) in [6.45, 7) is 1.80. The maximum Gasteiger partial charge on any atom is 0.220 e. The number of nitrogens with one attached hydrogen (secondary N) is 1. The van der Waals surface area contributed by atoms with Crippen molar-refractivity contribution in [1.29, 1.82) is 0 Å². The first-order chi connectivity index (χ1) is 38.3. The number of amides is 1. The number of aliphatic hydroxyl groups is 11. The molecule has 0 aromatic rings. The Morgan fingerprint density at radius 1 is 0.443 bits per heavy atom. The normalized spacial score (nSPS) is 30.3. The van der Waals surface area contributed by atoms with Crippen LogP contribution in [-0.2, 0) is 33.2 Å². The standard InChI is InChI=1S/C60H113NO18/c1-3-5-7-9-11-13-15-17-19-20-21-22-24-26-28-30-32-34-36-38-48(66)61-43(44(65)37-35-33-31-29-27-25-23-18-16-14-12-10-8-6-4-2)42-74-58-54(72)51(69)56(46(40-63)76-58)79-60-55(73)52(70)57(47(41-64)77-60)78-59-53(71)50(68)49(67)45(39-62)75-59/h17,19,43-47,49-60,62-65,67-73H,3-16,18,20-42H2,1-2H3,(H,61,66)/b19-17-. The van der Waals surface area contributed by atoms with Crippen molar-refractivity contribution in [2.75, 3.05) is 26.4 Å². The average molecular weight is 1140 g/mol. The van der Waals surface area contributed by atoms with Crippen LogP contribution in [0.1, 0.15) is 232 Å². The number of allylic oxidation sites excluding steroid dienone is 2. The first-order valence-corrected chi connectivity index (χ1v) is 31.4. The maximum atomic E-state index is 13.4. The van der Waals surface area contributed by atoms with Crippen LogP contribution in [0.25, 0.3) is 0 Å². The molecule has 0 aromatic carbocycles. The summed E-state index contributed by atoms with van der Waals surface area (Å²) in [5, 5.41) is 120. The van der Waals surface area contributed by atoms with E-state index in [4.69, 9.17) is 28.4 Å². The molecule has 1 amide bonds. The summed E-state index contributed by atoms with van der Waals surface area (Å²) < 4.78 is 34.3. The molecule has 12 N–H and O–H groups in total. The van der Waals surface area contributed by atoms with Gasteiger partial charge in [-0.15, -0.1) is 0 Å². The van der Waals surface area contributed by atoms with Crippen molar-refractivity contribution < 1.29 is 89.4 Å². The van der Waals surface area contributed by atoms with Crippen LogP contribution < -0.4 is 5.32 Å². The summed E-state index contributed by atoms with van der Waals surface area (Å²) in [4.78, 5) is 13.4. The van der Waals surface area contributed by atoms with Crippen LogP contribution in [0.5, 0.6) is 0 Å². The number of unbranched alkanes of at least 4 members (excludes halogenated alkanes) is 29. The molecule has 3 aliphatic rings. The predicted octanol–water partition coefficient (Wildman–Crippen LogP) is 6.16. The molecule has 3 aliphatic heterocycles. The molecule has 19 nitrogen and oxygen atoms in total. The second-order valence-corrected chi connectivity index (χ2v) is 22.9. The summed E-state index contributed by atoms with van der Waals surface area (Å²) in [5.41, 5.74) is 0. The molecule has 0 aromatic heterocycles. The molecule has 19 heteroatoms. The highest BCUT2D eigenvalue weighted by Gasteiger charge is 2.53. The number of carbonyl (C=O) groups excluding carboxylic acids is 1. The van der Waals surface area contributed by atoms with Crippen molar-refractivity contribution in [1.82, 2.24) is 5.32 Å². The van der Waals surface area contributed by atoms with Gasteiger partial charge in [0.05, 0.1) is 38.6 Å².